The molecule has 0 amide bonds. The van der Waals surface area contributed by atoms with Crippen LogP contribution in [0.3, 0.4) is 0 Å². The van der Waals surface area contributed by atoms with Gasteiger partial charge in [0.05, 0.1) is 18.4 Å². The zero-order valence-electron chi connectivity index (χ0n) is 14.3. The number of rotatable bonds is 3. The van der Waals surface area contributed by atoms with Gasteiger partial charge in [-0.2, -0.15) is 0 Å². The van der Waals surface area contributed by atoms with Crippen LogP contribution in [-0.2, 0) is 10.2 Å². The lowest BCUT2D eigenvalue weighted by atomic mass is 9.84. The maximum absolute atomic E-state index is 11.5. The van der Waals surface area contributed by atoms with E-state index in [-0.39, 0.29) is 16.9 Å². The Morgan fingerprint density at radius 1 is 1.17 bits per heavy atom. The molecule has 128 valence electrons. The van der Waals surface area contributed by atoms with Crippen LogP contribution in [0, 0.1) is 0 Å². The number of carbonyl (C=O) groups is 1. The van der Waals surface area contributed by atoms with Crippen molar-refractivity contribution < 1.29 is 19.7 Å². The lowest BCUT2D eigenvalue weighted by Crippen LogP contribution is -2.13. The molecule has 0 aliphatic heterocycles. The van der Waals surface area contributed by atoms with Gasteiger partial charge in [-0.25, -0.2) is 4.79 Å². The van der Waals surface area contributed by atoms with Crippen molar-refractivity contribution in [3.8, 4) is 5.75 Å². The number of nitrogen functional groups attached to an aromatic ring is 1. The van der Waals surface area contributed by atoms with Gasteiger partial charge >= 0.3 is 5.97 Å². The molecule has 0 fully saturated rings. The second kappa shape index (κ2) is 6.53. The molecule has 0 bridgehead atoms. The Morgan fingerprint density at radius 2 is 1.75 bits per heavy atom. The van der Waals surface area contributed by atoms with E-state index in [1.54, 1.807) is 36.4 Å². The smallest absolute Gasteiger partial charge is 0.337 e. The SMILES string of the molecule is COC(=O)c1ccc(C(O)c2cc(C(C)(C)C)cc(N)c2O)cc1. The van der Waals surface area contributed by atoms with E-state index in [1.165, 1.54) is 7.11 Å². The summed E-state index contributed by atoms with van der Waals surface area (Å²) in [6.07, 6.45) is -1.05. The summed E-state index contributed by atoms with van der Waals surface area (Å²) in [5.41, 5.74) is 8.13. The monoisotopic (exact) mass is 329 g/mol. The van der Waals surface area contributed by atoms with E-state index < -0.39 is 12.1 Å². The number of phenolic OH excluding ortho intramolecular Hbond substituents is 1. The highest BCUT2D eigenvalue weighted by Gasteiger charge is 2.22. The number of aliphatic hydroxyl groups is 1. The van der Waals surface area contributed by atoms with Crippen LogP contribution < -0.4 is 5.73 Å². The van der Waals surface area contributed by atoms with E-state index in [0.29, 0.717) is 16.7 Å². The van der Waals surface area contributed by atoms with Crippen LogP contribution in [0.25, 0.3) is 0 Å². The first-order valence-electron chi connectivity index (χ1n) is 7.64. The molecule has 2 rings (SSSR count). The van der Waals surface area contributed by atoms with Crippen molar-refractivity contribution in [2.75, 3.05) is 12.8 Å². The van der Waals surface area contributed by atoms with Crippen LogP contribution >= 0.6 is 0 Å². The number of ether oxygens (including phenoxy) is 1. The van der Waals surface area contributed by atoms with Gasteiger partial charge in [0.2, 0.25) is 0 Å². The van der Waals surface area contributed by atoms with Crippen LogP contribution in [0.5, 0.6) is 5.75 Å². The van der Waals surface area contributed by atoms with Crippen molar-refractivity contribution >= 4 is 11.7 Å². The van der Waals surface area contributed by atoms with Crippen LogP contribution in [0.1, 0.15) is 53.9 Å². The van der Waals surface area contributed by atoms with E-state index in [4.69, 9.17) is 5.73 Å². The normalized spacial score (nSPS) is 12.7. The van der Waals surface area contributed by atoms with Crippen molar-refractivity contribution in [3.05, 3.63) is 58.7 Å². The minimum atomic E-state index is -1.05. The fraction of sp³-hybridized carbons (Fsp3) is 0.316. The predicted octanol–water partition coefficient (Wildman–Crippen LogP) is 3.14. The Bertz CT molecular complexity index is 745. The standard InChI is InChI=1S/C19H23NO4/c1-19(2,3)13-9-14(17(22)15(20)10-13)16(21)11-5-7-12(8-6-11)18(23)24-4/h5-10,16,21-22H,20H2,1-4H3. The third-order valence-corrected chi connectivity index (χ3v) is 3.98. The number of anilines is 1. The Kier molecular flexibility index (Phi) is 4.85. The predicted molar refractivity (Wildman–Crippen MR) is 93.1 cm³/mol. The van der Waals surface area contributed by atoms with Crippen molar-refractivity contribution in [3.63, 3.8) is 0 Å². The third-order valence-electron chi connectivity index (χ3n) is 3.98. The molecule has 0 aromatic heterocycles. The summed E-state index contributed by atoms with van der Waals surface area (Å²) in [5.74, 6) is -0.578. The molecular formula is C19H23NO4. The first-order valence-corrected chi connectivity index (χ1v) is 7.64. The topological polar surface area (TPSA) is 92.8 Å². The Hall–Kier alpha value is -2.53. The summed E-state index contributed by atoms with van der Waals surface area (Å²) in [6.45, 7) is 6.08. The number of hydrogen-bond donors (Lipinski definition) is 3. The number of benzene rings is 2. The number of hydrogen-bond acceptors (Lipinski definition) is 5. The largest absolute Gasteiger partial charge is 0.505 e. The summed E-state index contributed by atoms with van der Waals surface area (Å²) >= 11 is 0. The fourth-order valence-corrected chi connectivity index (χ4v) is 2.42. The van der Waals surface area contributed by atoms with Gasteiger partial charge < -0.3 is 20.7 Å². The highest BCUT2D eigenvalue weighted by molar-refractivity contribution is 5.89. The minimum absolute atomic E-state index is 0.132. The van der Waals surface area contributed by atoms with Gasteiger partial charge in [-0.05, 0) is 40.8 Å². The molecule has 0 radical (unpaired) electrons. The number of nitrogens with two attached hydrogens (primary N) is 1. The molecule has 5 nitrogen and oxygen atoms in total. The summed E-state index contributed by atoms with van der Waals surface area (Å²) in [6, 6.07) is 9.85. The molecule has 24 heavy (non-hydrogen) atoms. The highest BCUT2D eigenvalue weighted by atomic mass is 16.5. The molecule has 0 aliphatic carbocycles. The van der Waals surface area contributed by atoms with Crippen LogP contribution in [0.2, 0.25) is 0 Å². The van der Waals surface area contributed by atoms with E-state index in [2.05, 4.69) is 4.74 Å². The molecule has 1 unspecified atom stereocenters. The number of esters is 1. The number of aromatic hydroxyl groups is 1. The zero-order valence-corrected chi connectivity index (χ0v) is 14.3. The summed E-state index contributed by atoms with van der Waals surface area (Å²) in [7, 11) is 1.31. The molecule has 2 aromatic carbocycles. The maximum Gasteiger partial charge on any atom is 0.337 e. The molecule has 5 heteroatoms. The molecule has 0 saturated heterocycles. The second-order valence-corrected chi connectivity index (χ2v) is 6.77. The molecule has 0 saturated carbocycles. The van der Waals surface area contributed by atoms with Gasteiger partial charge in [0.1, 0.15) is 11.9 Å². The second-order valence-electron chi connectivity index (χ2n) is 6.77. The van der Waals surface area contributed by atoms with Crippen molar-refractivity contribution in [2.45, 2.75) is 32.3 Å². The molecule has 0 aliphatic rings. The lowest BCUT2D eigenvalue weighted by Gasteiger charge is -2.23. The number of methoxy groups -OCH3 is 1. The molecule has 0 spiro atoms. The Balaban J connectivity index is 2.44. The quantitative estimate of drug-likeness (QED) is 0.457. The molecule has 1 atom stereocenters. The van der Waals surface area contributed by atoms with Gasteiger partial charge in [0, 0.05) is 5.56 Å². The van der Waals surface area contributed by atoms with E-state index in [0.717, 1.165) is 5.56 Å². The zero-order chi connectivity index (χ0) is 18.1. The van der Waals surface area contributed by atoms with E-state index in [1.807, 2.05) is 20.8 Å². The Morgan fingerprint density at radius 3 is 2.25 bits per heavy atom. The van der Waals surface area contributed by atoms with Gasteiger partial charge in [-0.3, -0.25) is 0 Å². The molecule has 0 heterocycles. The van der Waals surface area contributed by atoms with E-state index in [9.17, 15) is 15.0 Å². The summed E-state index contributed by atoms with van der Waals surface area (Å²) in [5, 5.41) is 20.9. The van der Waals surface area contributed by atoms with Crippen molar-refractivity contribution in [1.29, 1.82) is 0 Å². The van der Waals surface area contributed by atoms with Crippen LogP contribution in [-0.4, -0.2) is 23.3 Å². The van der Waals surface area contributed by atoms with Gasteiger partial charge in [0.15, 0.2) is 0 Å². The highest BCUT2D eigenvalue weighted by Crippen LogP contribution is 2.37. The lowest BCUT2D eigenvalue weighted by molar-refractivity contribution is 0.0600. The van der Waals surface area contributed by atoms with E-state index >= 15 is 0 Å². The average molecular weight is 329 g/mol. The average Bonchev–Trinajstić information content (AvgIpc) is 2.55. The molecule has 4 N–H and O–H groups in total. The van der Waals surface area contributed by atoms with Gasteiger partial charge in [-0.15, -0.1) is 0 Å². The van der Waals surface area contributed by atoms with Gasteiger partial charge in [0.25, 0.3) is 0 Å². The van der Waals surface area contributed by atoms with Crippen LogP contribution in [0.15, 0.2) is 36.4 Å². The summed E-state index contributed by atoms with van der Waals surface area (Å²) in [4.78, 5) is 11.5. The van der Waals surface area contributed by atoms with Crippen molar-refractivity contribution in [1.82, 2.24) is 0 Å². The van der Waals surface area contributed by atoms with Gasteiger partial charge in [-0.1, -0.05) is 32.9 Å². The number of aliphatic hydroxyl groups excluding tert-OH is 1. The maximum atomic E-state index is 11.5. The Labute approximate surface area is 141 Å². The van der Waals surface area contributed by atoms with Crippen LogP contribution in [0.4, 0.5) is 5.69 Å². The first-order chi connectivity index (χ1) is 11.1. The third kappa shape index (κ3) is 3.51. The first kappa shape index (κ1) is 17.8. The number of phenols is 1. The van der Waals surface area contributed by atoms with Crippen molar-refractivity contribution in [2.24, 2.45) is 0 Å². The molecule has 2 aromatic rings. The molecular weight excluding hydrogens is 306 g/mol. The fourth-order valence-electron chi connectivity index (χ4n) is 2.42. The number of carbonyl (C=O) groups excluding carboxylic acids is 1. The minimum Gasteiger partial charge on any atom is -0.505 e. The summed E-state index contributed by atoms with van der Waals surface area (Å²) < 4.78 is 4.65.